The molecular formula is C29H23BrCl2F2O3. The van der Waals surface area contributed by atoms with Gasteiger partial charge in [0, 0.05) is 26.5 Å². The molecule has 0 saturated heterocycles. The highest BCUT2D eigenvalue weighted by Crippen LogP contribution is 2.19. The van der Waals surface area contributed by atoms with Crippen LogP contribution in [0.5, 0.6) is 5.75 Å². The van der Waals surface area contributed by atoms with Gasteiger partial charge in [0.1, 0.15) is 25.0 Å². The van der Waals surface area contributed by atoms with E-state index in [0.29, 0.717) is 28.7 Å². The molecule has 0 aliphatic heterocycles. The number of halogens is 5. The van der Waals surface area contributed by atoms with E-state index in [1.54, 1.807) is 43.3 Å². The average molecular weight is 608 g/mol. The van der Waals surface area contributed by atoms with Gasteiger partial charge in [-0.05, 0) is 72.1 Å². The van der Waals surface area contributed by atoms with Crippen molar-refractivity contribution in [3.05, 3.63) is 134 Å². The number of carbonyl (C=O) groups excluding carboxylic acids is 2. The van der Waals surface area contributed by atoms with Crippen molar-refractivity contribution in [1.29, 1.82) is 0 Å². The minimum absolute atomic E-state index is 0.121. The molecule has 0 atom stereocenters. The summed E-state index contributed by atoms with van der Waals surface area (Å²) < 4.78 is 31.4. The Hall–Kier alpha value is -3.06. The molecule has 0 radical (unpaired) electrons. The highest BCUT2D eigenvalue weighted by atomic mass is 79.9. The third kappa shape index (κ3) is 10.8. The Morgan fingerprint density at radius 2 is 1.22 bits per heavy atom. The van der Waals surface area contributed by atoms with E-state index in [2.05, 4.69) is 15.9 Å². The summed E-state index contributed by atoms with van der Waals surface area (Å²) in [6.45, 7) is 1.90. The number of hydrogen-bond acceptors (Lipinski definition) is 3. The molecule has 0 N–H and O–H groups in total. The Kier molecular flexibility index (Phi) is 13.0. The summed E-state index contributed by atoms with van der Waals surface area (Å²) >= 11 is 14.7. The Morgan fingerprint density at radius 1 is 0.730 bits per heavy atom. The van der Waals surface area contributed by atoms with Gasteiger partial charge >= 0.3 is 0 Å². The number of alkyl halides is 1. The van der Waals surface area contributed by atoms with Crippen molar-refractivity contribution in [3.63, 3.8) is 0 Å². The number of rotatable bonds is 6. The lowest BCUT2D eigenvalue weighted by molar-refractivity contribution is 0.111. The second kappa shape index (κ2) is 15.9. The van der Waals surface area contributed by atoms with E-state index in [0.717, 1.165) is 22.0 Å². The minimum atomic E-state index is -0.548. The number of ether oxygens (including phenoxy) is 1. The maximum atomic E-state index is 13.5. The molecule has 0 heterocycles. The Balaban J connectivity index is 0.000000214. The van der Waals surface area contributed by atoms with Crippen LogP contribution in [0.2, 0.25) is 10.0 Å². The fraction of sp³-hybridized carbons (Fsp3) is 0.103. The van der Waals surface area contributed by atoms with Crippen molar-refractivity contribution in [2.45, 2.75) is 18.9 Å². The molecule has 4 aromatic rings. The molecule has 0 unspecified atom stereocenters. The van der Waals surface area contributed by atoms with Gasteiger partial charge in [-0.1, -0.05) is 75.5 Å². The zero-order valence-corrected chi connectivity index (χ0v) is 22.9. The van der Waals surface area contributed by atoms with E-state index in [9.17, 15) is 18.4 Å². The second-order valence-electron chi connectivity index (χ2n) is 7.61. The summed E-state index contributed by atoms with van der Waals surface area (Å²) in [6, 6.07) is 23.3. The maximum Gasteiger partial charge on any atom is 0.165 e. The first kappa shape index (κ1) is 30.2. The quantitative estimate of drug-likeness (QED) is 0.162. The molecule has 0 fully saturated rings. The van der Waals surface area contributed by atoms with Crippen LogP contribution in [-0.4, -0.2) is 12.6 Å². The highest BCUT2D eigenvalue weighted by molar-refractivity contribution is 9.08. The largest absolute Gasteiger partial charge is 0.486 e. The van der Waals surface area contributed by atoms with E-state index < -0.39 is 5.82 Å². The van der Waals surface area contributed by atoms with Gasteiger partial charge in [0.25, 0.3) is 0 Å². The third-order valence-electron chi connectivity index (χ3n) is 4.80. The monoisotopic (exact) mass is 606 g/mol. The molecule has 0 spiro atoms. The number of aldehydes is 2. The van der Waals surface area contributed by atoms with Gasteiger partial charge in [-0.15, -0.1) is 0 Å². The van der Waals surface area contributed by atoms with Gasteiger partial charge in [0.15, 0.2) is 11.6 Å². The van der Waals surface area contributed by atoms with Crippen molar-refractivity contribution in [2.75, 3.05) is 0 Å². The molecule has 0 bridgehead atoms. The van der Waals surface area contributed by atoms with Crippen LogP contribution in [0.1, 0.15) is 37.4 Å². The van der Waals surface area contributed by atoms with Crippen LogP contribution in [0.15, 0.2) is 84.9 Å². The molecule has 0 aliphatic rings. The van der Waals surface area contributed by atoms with Crippen LogP contribution in [0, 0.1) is 18.6 Å². The smallest absolute Gasteiger partial charge is 0.165 e. The predicted octanol–water partition coefficient (Wildman–Crippen LogP) is 9.05. The van der Waals surface area contributed by atoms with E-state index in [-0.39, 0.29) is 23.7 Å². The Bertz CT molecular complexity index is 1300. The van der Waals surface area contributed by atoms with Gasteiger partial charge in [0.05, 0.1) is 0 Å². The first-order valence-electron chi connectivity index (χ1n) is 10.9. The van der Waals surface area contributed by atoms with Crippen molar-refractivity contribution >= 4 is 51.7 Å². The Morgan fingerprint density at radius 3 is 1.68 bits per heavy atom. The lowest BCUT2D eigenvalue weighted by atomic mass is 10.1. The molecule has 4 rings (SSSR count). The molecule has 192 valence electrons. The van der Waals surface area contributed by atoms with Crippen LogP contribution in [0.3, 0.4) is 0 Å². The first-order chi connectivity index (χ1) is 17.7. The fourth-order valence-electron chi connectivity index (χ4n) is 2.71. The van der Waals surface area contributed by atoms with Crippen LogP contribution in [-0.2, 0) is 11.9 Å². The maximum absolute atomic E-state index is 13.5. The fourth-order valence-corrected chi connectivity index (χ4v) is 3.33. The van der Waals surface area contributed by atoms with Crippen LogP contribution in [0.25, 0.3) is 0 Å². The summed E-state index contributed by atoms with van der Waals surface area (Å²) in [4.78, 5) is 20.6. The Labute approximate surface area is 233 Å². The van der Waals surface area contributed by atoms with Crippen LogP contribution in [0.4, 0.5) is 8.78 Å². The lowest BCUT2D eigenvalue weighted by Gasteiger charge is -2.07. The zero-order chi connectivity index (χ0) is 27.2. The summed E-state index contributed by atoms with van der Waals surface area (Å²) in [5.74, 6) is -0.756. The molecule has 37 heavy (non-hydrogen) atoms. The van der Waals surface area contributed by atoms with E-state index >= 15 is 0 Å². The topological polar surface area (TPSA) is 43.4 Å². The average Bonchev–Trinajstić information content (AvgIpc) is 2.91. The van der Waals surface area contributed by atoms with Crippen molar-refractivity contribution in [3.8, 4) is 5.75 Å². The van der Waals surface area contributed by atoms with Gasteiger partial charge in [-0.25, -0.2) is 8.78 Å². The molecule has 0 aromatic heterocycles. The highest BCUT2D eigenvalue weighted by Gasteiger charge is 2.05. The van der Waals surface area contributed by atoms with Crippen LogP contribution < -0.4 is 4.74 Å². The van der Waals surface area contributed by atoms with Crippen molar-refractivity contribution in [2.24, 2.45) is 0 Å². The molecule has 0 amide bonds. The molecule has 0 saturated carbocycles. The molecule has 8 heteroatoms. The lowest BCUT2D eigenvalue weighted by Crippen LogP contribution is -1.97. The summed E-state index contributed by atoms with van der Waals surface area (Å²) in [7, 11) is 0. The molecular weight excluding hydrogens is 585 g/mol. The van der Waals surface area contributed by atoms with Gasteiger partial charge in [-0.3, -0.25) is 9.59 Å². The van der Waals surface area contributed by atoms with Crippen LogP contribution >= 0.6 is 39.1 Å². The molecule has 3 nitrogen and oxygen atoms in total. The number of benzene rings is 4. The predicted molar refractivity (Wildman–Crippen MR) is 148 cm³/mol. The third-order valence-corrected chi connectivity index (χ3v) is 5.95. The second-order valence-corrected chi connectivity index (χ2v) is 9.04. The molecule has 4 aromatic carbocycles. The van der Waals surface area contributed by atoms with Crippen molar-refractivity contribution in [1.82, 2.24) is 0 Å². The SMILES string of the molecule is Cc1ccc(C=O)cc1F.Clc1ccc(CBr)cc1.O=Cc1ccc(OCc2ccc(Cl)cc2)c(F)c1. The summed E-state index contributed by atoms with van der Waals surface area (Å²) in [5.41, 5.74) is 3.36. The van der Waals surface area contributed by atoms with Crippen molar-refractivity contribution < 1.29 is 23.1 Å². The number of aryl methyl sites for hydroxylation is 1. The van der Waals surface area contributed by atoms with E-state index in [1.807, 2.05) is 24.3 Å². The van der Waals surface area contributed by atoms with Gasteiger partial charge in [0.2, 0.25) is 0 Å². The molecule has 0 aliphatic carbocycles. The summed E-state index contributed by atoms with van der Waals surface area (Å²) in [6.07, 6.45) is 1.22. The first-order valence-corrected chi connectivity index (χ1v) is 12.8. The summed E-state index contributed by atoms with van der Waals surface area (Å²) in [5, 5.41) is 2.32. The van der Waals surface area contributed by atoms with E-state index in [1.165, 1.54) is 23.8 Å². The van der Waals surface area contributed by atoms with E-state index in [4.69, 9.17) is 27.9 Å². The van der Waals surface area contributed by atoms with Gasteiger partial charge < -0.3 is 4.74 Å². The normalized spacial score (nSPS) is 9.78. The number of carbonyl (C=O) groups is 2. The zero-order valence-electron chi connectivity index (χ0n) is 19.8. The standard InChI is InChI=1S/C14H10ClFO2.C8H7FO.C7H6BrCl/c15-12-4-1-10(2-5-12)9-18-14-6-3-11(8-17)7-13(14)16;1-6-2-3-7(5-10)4-8(6)9;8-5-6-1-3-7(9)4-2-6/h1-8H,9H2;2-5H,1H3;1-4H,5H2. The minimum Gasteiger partial charge on any atom is -0.486 e. The van der Waals surface area contributed by atoms with Gasteiger partial charge in [-0.2, -0.15) is 0 Å². The number of hydrogen-bond donors (Lipinski definition) is 0.